The Kier molecular flexibility index (Phi) is 5.48. The zero-order chi connectivity index (χ0) is 15.9. The summed E-state index contributed by atoms with van der Waals surface area (Å²) in [6, 6.07) is 18.9. The van der Waals surface area contributed by atoms with Crippen LogP contribution in [0.2, 0.25) is 0 Å². The Hall–Kier alpha value is -2.41. The molecular weight excluding hydrogens is 266 g/mol. The van der Waals surface area contributed by atoms with Gasteiger partial charge in [-0.3, -0.25) is 4.99 Å². The first-order chi connectivity index (χ1) is 10.7. The van der Waals surface area contributed by atoms with Crippen molar-refractivity contribution < 1.29 is 0 Å². The normalized spacial score (nSPS) is 12.3. The first-order valence-electron chi connectivity index (χ1n) is 7.64. The van der Waals surface area contributed by atoms with Crippen molar-refractivity contribution in [2.45, 2.75) is 20.3 Å². The van der Waals surface area contributed by atoms with Crippen LogP contribution in [-0.4, -0.2) is 12.8 Å². The summed E-state index contributed by atoms with van der Waals surface area (Å²) < 4.78 is 0. The summed E-state index contributed by atoms with van der Waals surface area (Å²) in [4.78, 5) is 4.43. The van der Waals surface area contributed by atoms with Crippen LogP contribution in [0.4, 0.5) is 0 Å². The van der Waals surface area contributed by atoms with E-state index in [2.05, 4.69) is 67.9 Å². The molecule has 0 bridgehead atoms. The minimum atomic E-state index is 0.938. The highest BCUT2D eigenvalue weighted by Gasteiger charge is 2.06. The minimum absolute atomic E-state index is 0.938. The third-order valence-corrected chi connectivity index (χ3v) is 3.78. The van der Waals surface area contributed by atoms with Gasteiger partial charge in [0.05, 0.1) is 5.71 Å². The minimum Gasteiger partial charge on any atom is -0.287 e. The van der Waals surface area contributed by atoms with E-state index in [4.69, 9.17) is 0 Å². The maximum Gasteiger partial charge on any atom is 0.0709 e. The summed E-state index contributed by atoms with van der Waals surface area (Å²) in [6.45, 7) is 8.47. The summed E-state index contributed by atoms with van der Waals surface area (Å²) >= 11 is 0. The second-order valence-electron chi connectivity index (χ2n) is 5.34. The Balaban J connectivity index is 2.26. The van der Waals surface area contributed by atoms with Crippen molar-refractivity contribution in [2.75, 3.05) is 7.05 Å². The van der Waals surface area contributed by atoms with Gasteiger partial charge in [0.25, 0.3) is 0 Å². The topological polar surface area (TPSA) is 12.4 Å². The third kappa shape index (κ3) is 3.82. The van der Waals surface area contributed by atoms with Gasteiger partial charge in [-0.2, -0.15) is 0 Å². The van der Waals surface area contributed by atoms with Crippen LogP contribution in [0.1, 0.15) is 30.5 Å². The molecule has 0 aliphatic carbocycles. The molecule has 0 aliphatic heterocycles. The SMILES string of the molecule is C=C(/C=C(\C)c1ccccc1)C(=NC)c1ccc(CC)cc1. The molecule has 1 nitrogen and oxygen atoms in total. The van der Waals surface area contributed by atoms with Gasteiger partial charge in [-0.25, -0.2) is 0 Å². The molecule has 0 saturated heterocycles. The van der Waals surface area contributed by atoms with Gasteiger partial charge in [0.2, 0.25) is 0 Å². The molecule has 0 amide bonds. The molecule has 0 aliphatic rings. The smallest absolute Gasteiger partial charge is 0.0709 e. The van der Waals surface area contributed by atoms with E-state index in [9.17, 15) is 0 Å². The molecule has 1 heteroatoms. The largest absolute Gasteiger partial charge is 0.287 e. The third-order valence-electron chi connectivity index (χ3n) is 3.78. The number of aliphatic imine (C=N–C) groups is 1. The van der Waals surface area contributed by atoms with Crippen molar-refractivity contribution in [1.82, 2.24) is 0 Å². The number of hydrogen-bond donors (Lipinski definition) is 0. The average Bonchev–Trinajstić information content (AvgIpc) is 2.57. The maximum atomic E-state index is 4.43. The predicted octanol–water partition coefficient (Wildman–Crippen LogP) is 5.33. The Bertz CT molecular complexity index is 688. The molecule has 0 saturated carbocycles. The van der Waals surface area contributed by atoms with E-state index in [-0.39, 0.29) is 0 Å². The van der Waals surface area contributed by atoms with E-state index in [1.165, 1.54) is 16.7 Å². The van der Waals surface area contributed by atoms with E-state index in [0.29, 0.717) is 0 Å². The second kappa shape index (κ2) is 7.56. The van der Waals surface area contributed by atoms with Gasteiger partial charge in [-0.1, -0.05) is 68.1 Å². The maximum absolute atomic E-state index is 4.43. The first kappa shape index (κ1) is 16.0. The monoisotopic (exact) mass is 289 g/mol. The molecule has 0 spiro atoms. The van der Waals surface area contributed by atoms with Gasteiger partial charge < -0.3 is 0 Å². The lowest BCUT2D eigenvalue weighted by atomic mass is 9.98. The average molecular weight is 289 g/mol. The van der Waals surface area contributed by atoms with E-state index in [1.54, 1.807) is 0 Å². The standard InChI is InChI=1S/C21H23N/c1-5-18-11-13-20(14-12-18)21(22-4)17(3)15-16(2)19-9-7-6-8-10-19/h6-15H,3,5H2,1-2,4H3/b16-15+,22-21?. The zero-order valence-electron chi connectivity index (χ0n) is 13.6. The molecule has 22 heavy (non-hydrogen) atoms. The van der Waals surface area contributed by atoms with Crippen LogP contribution in [0.15, 0.2) is 77.8 Å². The molecule has 0 aromatic heterocycles. The fourth-order valence-corrected chi connectivity index (χ4v) is 2.47. The van der Waals surface area contributed by atoms with Gasteiger partial charge in [0.1, 0.15) is 0 Å². The highest BCUT2D eigenvalue weighted by molar-refractivity contribution is 6.14. The summed E-state index contributed by atoms with van der Waals surface area (Å²) in [5.74, 6) is 0. The Morgan fingerprint density at radius 2 is 1.64 bits per heavy atom. The number of nitrogens with zero attached hydrogens (tertiary/aromatic N) is 1. The lowest BCUT2D eigenvalue weighted by molar-refractivity contribution is 1.14. The molecule has 2 aromatic rings. The Morgan fingerprint density at radius 1 is 1.00 bits per heavy atom. The van der Waals surface area contributed by atoms with Crippen molar-refractivity contribution in [3.63, 3.8) is 0 Å². The van der Waals surface area contributed by atoms with Gasteiger partial charge in [0, 0.05) is 12.6 Å². The number of rotatable bonds is 5. The second-order valence-corrected chi connectivity index (χ2v) is 5.34. The van der Waals surface area contributed by atoms with Crippen LogP contribution in [-0.2, 0) is 6.42 Å². The quantitative estimate of drug-likeness (QED) is 0.521. The van der Waals surface area contributed by atoms with Crippen molar-refractivity contribution in [3.8, 4) is 0 Å². The number of benzene rings is 2. The Morgan fingerprint density at radius 3 is 2.18 bits per heavy atom. The summed E-state index contributed by atoms with van der Waals surface area (Å²) in [6.07, 6.45) is 3.15. The fourth-order valence-electron chi connectivity index (χ4n) is 2.47. The molecule has 112 valence electrons. The van der Waals surface area contributed by atoms with Crippen LogP contribution < -0.4 is 0 Å². The molecule has 0 heterocycles. The van der Waals surface area contributed by atoms with Crippen molar-refractivity contribution >= 4 is 11.3 Å². The molecule has 2 aromatic carbocycles. The van der Waals surface area contributed by atoms with Crippen LogP contribution in [0, 0.1) is 0 Å². The summed E-state index contributed by atoms with van der Waals surface area (Å²) in [7, 11) is 1.82. The van der Waals surface area contributed by atoms with Crippen LogP contribution in [0.3, 0.4) is 0 Å². The van der Waals surface area contributed by atoms with Gasteiger partial charge in [0.15, 0.2) is 0 Å². The number of aryl methyl sites for hydroxylation is 1. The van der Waals surface area contributed by atoms with E-state index in [0.717, 1.165) is 23.3 Å². The fraction of sp³-hybridized carbons (Fsp3) is 0.190. The van der Waals surface area contributed by atoms with E-state index in [1.807, 2.05) is 25.2 Å². The van der Waals surface area contributed by atoms with Crippen molar-refractivity contribution in [3.05, 3.63) is 89.5 Å². The van der Waals surface area contributed by atoms with E-state index >= 15 is 0 Å². The van der Waals surface area contributed by atoms with Gasteiger partial charge >= 0.3 is 0 Å². The number of hydrogen-bond acceptors (Lipinski definition) is 1. The molecule has 2 rings (SSSR count). The highest BCUT2D eigenvalue weighted by atomic mass is 14.7. The zero-order valence-corrected chi connectivity index (χ0v) is 13.6. The number of allylic oxidation sites excluding steroid dienone is 3. The van der Waals surface area contributed by atoms with Crippen molar-refractivity contribution in [1.29, 1.82) is 0 Å². The molecule has 0 N–H and O–H groups in total. The Labute approximate surface area is 133 Å². The van der Waals surface area contributed by atoms with Gasteiger partial charge in [-0.15, -0.1) is 0 Å². The molecule has 0 atom stereocenters. The molecule has 0 fully saturated rings. The van der Waals surface area contributed by atoms with Crippen LogP contribution in [0.5, 0.6) is 0 Å². The first-order valence-corrected chi connectivity index (χ1v) is 7.64. The molecule has 0 unspecified atom stereocenters. The van der Waals surface area contributed by atoms with Crippen LogP contribution in [0.25, 0.3) is 5.57 Å². The lowest BCUT2D eigenvalue weighted by Gasteiger charge is -2.09. The van der Waals surface area contributed by atoms with E-state index < -0.39 is 0 Å². The predicted molar refractivity (Wildman–Crippen MR) is 97.5 cm³/mol. The van der Waals surface area contributed by atoms with Crippen molar-refractivity contribution in [2.24, 2.45) is 4.99 Å². The van der Waals surface area contributed by atoms with Gasteiger partial charge in [-0.05, 0) is 41.7 Å². The van der Waals surface area contributed by atoms with Crippen LogP contribution >= 0.6 is 0 Å². The lowest BCUT2D eigenvalue weighted by Crippen LogP contribution is -2.03. The molecular formula is C21H23N. The molecule has 0 radical (unpaired) electrons. The highest BCUT2D eigenvalue weighted by Crippen LogP contribution is 2.18. The summed E-state index contributed by atoms with van der Waals surface area (Å²) in [5, 5.41) is 0. The summed E-state index contributed by atoms with van der Waals surface area (Å²) in [5.41, 5.74) is 6.73.